The van der Waals surface area contributed by atoms with Crippen LogP contribution in [0.2, 0.25) is 0 Å². The Bertz CT molecular complexity index is 1430. The first-order valence-electron chi connectivity index (χ1n) is 14.6. The fraction of sp³-hybridized carbons (Fsp3) is 0.343. The summed E-state index contributed by atoms with van der Waals surface area (Å²) in [6.07, 6.45) is 9.13. The lowest BCUT2D eigenvalue weighted by molar-refractivity contribution is -0.132. The maximum absolute atomic E-state index is 12.4. The summed E-state index contributed by atoms with van der Waals surface area (Å²) in [5.74, 6) is 0.921. The van der Waals surface area contributed by atoms with E-state index in [1.165, 1.54) is 23.3 Å². The minimum absolute atomic E-state index is 0.183. The normalized spacial score (nSPS) is 14.5. The van der Waals surface area contributed by atoms with E-state index in [9.17, 15) is 9.18 Å². The quantitative estimate of drug-likeness (QED) is 0.354. The van der Waals surface area contributed by atoms with Gasteiger partial charge >= 0.3 is 0 Å². The molecule has 0 atom stereocenters. The number of aromatic amines is 1. The fourth-order valence-corrected chi connectivity index (χ4v) is 4.25. The summed E-state index contributed by atoms with van der Waals surface area (Å²) >= 11 is 0. The maximum atomic E-state index is 12.4. The SMILES string of the molecule is C/C=C(\C)c1ccc(F)cc1.C=C(C)c1ccccc1.C\C=N/C(=c1/nc[nH]/c1=C\CC)N1CCN(C(=O)CC)CC1. The van der Waals surface area contributed by atoms with Gasteiger partial charge in [-0.25, -0.2) is 14.4 Å². The molecular formula is C35H46FN5O. The molecule has 42 heavy (non-hydrogen) atoms. The monoisotopic (exact) mass is 571 g/mol. The molecule has 0 spiro atoms. The van der Waals surface area contributed by atoms with E-state index in [1.54, 1.807) is 24.7 Å². The number of H-pyrrole nitrogens is 1. The van der Waals surface area contributed by atoms with Crippen LogP contribution in [0.1, 0.15) is 65.5 Å². The molecule has 224 valence electrons. The van der Waals surface area contributed by atoms with Gasteiger partial charge in [0.1, 0.15) is 11.2 Å². The van der Waals surface area contributed by atoms with Crippen LogP contribution in [0.15, 0.2) is 78.6 Å². The number of rotatable bonds is 6. The second-order valence-corrected chi connectivity index (χ2v) is 9.83. The Labute approximate surface area is 250 Å². The van der Waals surface area contributed by atoms with Crippen LogP contribution in [0.5, 0.6) is 0 Å². The van der Waals surface area contributed by atoms with Gasteiger partial charge in [-0.15, -0.1) is 0 Å². The average Bonchev–Trinajstić information content (AvgIpc) is 3.48. The number of nitrogens with one attached hydrogen (secondary N) is 1. The number of benzene rings is 2. The molecule has 7 heteroatoms. The van der Waals surface area contributed by atoms with Crippen molar-refractivity contribution in [3.8, 4) is 0 Å². The molecule has 0 aliphatic carbocycles. The first-order chi connectivity index (χ1) is 20.2. The molecule has 2 heterocycles. The highest BCUT2D eigenvalue weighted by molar-refractivity contribution is 5.76. The summed E-state index contributed by atoms with van der Waals surface area (Å²) in [6, 6.07) is 16.7. The molecule has 0 bridgehead atoms. The van der Waals surface area contributed by atoms with Crippen molar-refractivity contribution in [1.29, 1.82) is 0 Å². The van der Waals surface area contributed by atoms with Crippen LogP contribution in [0.4, 0.5) is 4.39 Å². The van der Waals surface area contributed by atoms with Crippen LogP contribution in [0.3, 0.4) is 0 Å². The summed E-state index contributed by atoms with van der Waals surface area (Å²) in [5, 5.41) is 1.89. The molecule has 1 saturated heterocycles. The van der Waals surface area contributed by atoms with Crippen molar-refractivity contribution in [2.24, 2.45) is 4.99 Å². The van der Waals surface area contributed by atoms with Crippen molar-refractivity contribution >= 4 is 35.2 Å². The Kier molecular flexibility index (Phi) is 14.7. The Hall–Kier alpha value is -4.26. The molecule has 1 aliphatic heterocycles. The number of halogens is 1. The van der Waals surface area contributed by atoms with Crippen LogP contribution in [-0.2, 0) is 4.79 Å². The highest BCUT2D eigenvalue weighted by Crippen LogP contribution is 2.13. The lowest BCUT2D eigenvalue weighted by Crippen LogP contribution is -2.49. The Morgan fingerprint density at radius 1 is 0.976 bits per heavy atom. The molecule has 0 unspecified atom stereocenters. The van der Waals surface area contributed by atoms with Crippen molar-refractivity contribution in [2.75, 3.05) is 26.2 Å². The van der Waals surface area contributed by atoms with Gasteiger partial charge in [-0.2, -0.15) is 0 Å². The van der Waals surface area contributed by atoms with Crippen molar-refractivity contribution in [1.82, 2.24) is 19.8 Å². The molecule has 1 fully saturated rings. The van der Waals surface area contributed by atoms with E-state index in [2.05, 4.69) is 51.6 Å². The number of amides is 1. The molecule has 4 rings (SSSR count). The van der Waals surface area contributed by atoms with E-state index in [-0.39, 0.29) is 11.7 Å². The van der Waals surface area contributed by atoms with E-state index in [1.807, 2.05) is 63.8 Å². The summed E-state index contributed by atoms with van der Waals surface area (Å²) < 4.78 is 12.4. The number of hydrogen-bond donors (Lipinski definition) is 1. The average molecular weight is 572 g/mol. The second-order valence-electron chi connectivity index (χ2n) is 9.83. The van der Waals surface area contributed by atoms with Crippen molar-refractivity contribution in [3.05, 3.63) is 101 Å². The van der Waals surface area contributed by atoms with Crippen molar-refractivity contribution < 1.29 is 9.18 Å². The molecule has 1 aliphatic rings. The van der Waals surface area contributed by atoms with E-state index in [0.717, 1.165) is 60.3 Å². The van der Waals surface area contributed by atoms with E-state index in [4.69, 9.17) is 0 Å². The molecular weight excluding hydrogens is 525 g/mol. The third kappa shape index (κ3) is 10.6. The molecule has 1 aromatic heterocycles. The minimum Gasteiger partial charge on any atom is -0.351 e. The molecule has 1 amide bonds. The van der Waals surface area contributed by atoms with Gasteiger partial charge in [-0.3, -0.25) is 4.79 Å². The second kappa shape index (κ2) is 18.2. The predicted molar refractivity (Wildman–Crippen MR) is 175 cm³/mol. The number of imidazole rings is 1. The number of nitrogens with zero attached hydrogens (tertiary/aromatic N) is 4. The van der Waals surface area contributed by atoms with E-state index >= 15 is 0 Å². The van der Waals surface area contributed by atoms with E-state index in [0.29, 0.717) is 6.42 Å². The Morgan fingerprint density at radius 2 is 1.60 bits per heavy atom. The zero-order valence-electron chi connectivity index (χ0n) is 26.0. The minimum atomic E-state index is -0.183. The Morgan fingerprint density at radius 3 is 2.10 bits per heavy atom. The van der Waals surface area contributed by atoms with Crippen LogP contribution >= 0.6 is 0 Å². The standard InChI is InChI=1S/C16H25N5O.C10H11F.C9H10/c1-4-7-13-15(19-12-18-13)16(17-6-3)21-10-8-20(9-11-21)14(22)5-2;1-3-8(2)9-4-6-10(11)7-5-9;1-8(2)9-6-4-3-5-7-9/h6-7,12H,4-5,8-11H2,1-3H3,(H,18,19);3-7H,1-2H3;3-7H,1H2,2H3/b13-7-,16-15-,17-6-;8-3+;. The summed E-state index contributed by atoms with van der Waals surface area (Å²) in [7, 11) is 0. The Balaban J connectivity index is 0.000000255. The first kappa shape index (κ1) is 33.9. The van der Waals surface area contributed by atoms with E-state index < -0.39 is 0 Å². The molecule has 3 aromatic rings. The van der Waals surface area contributed by atoms with Crippen LogP contribution in [0.25, 0.3) is 23.0 Å². The van der Waals surface area contributed by atoms with Gasteiger partial charge in [-0.05, 0) is 62.9 Å². The van der Waals surface area contributed by atoms with Gasteiger partial charge in [0.2, 0.25) is 5.91 Å². The van der Waals surface area contributed by atoms with Crippen molar-refractivity contribution in [3.63, 3.8) is 0 Å². The number of carbonyl (C=O) groups excluding carboxylic acids is 1. The molecule has 6 nitrogen and oxygen atoms in total. The lowest BCUT2D eigenvalue weighted by atomic mass is 10.1. The topological polar surface area (TPSA) is 64.6 Å². The van der Waals surface area contributed by atoms with Gasteiger partial charge in [0, 0.05) is 38.8 Å². The maximum Gasteiger partial charge on any atom is 0.222 e. The molecule has 0 radical (unpaired) electrons. The zero-order valence-corrected chi connectivity index (χ0v) is 26.0. The smallest absolute Gasteiger partial charge is 0.222 e. The lowest BCUT2D eigenvalue weighted by Gasteiger charge is -2.35. The van der Waals surface area contributed by atoms with Crippen LogP contribution in [-0.4, -0.2) is 58.1 Å². The molecule has 1 N–H and O–H groups in total. The third-order valence-electron chi connectivity index (χ3n) is 6.77. The molecule has 2 aromatic carbocycles. The van der Waals surface area contributed by atoms with Crippen LogP contribution in [0, 0.1) is 5.82 Å². The predicted octanol–water partition coefficient (Wildman–Crippen LogP) is 6.28. The third-order valence-corrected chi connectivity index (χ3v) is 6.77. The highest BCUT2D eigenvalue weighted by atomic mass is 19.1. The van der Waals surface area contributed by atoms with Gasteiger partial charge in [0.05, 0.1) is 11.7 Å². The van der Waals surface area contributed by atoms with Crippen molar-refractivity contribution in [2.45, 2.75) is 54.4 Å². The number of carbonyl (C=O) groups is 1. The number of piperazine rings is 1. The number of aromatic nitrogens is 2. The number of allylic oxidation sites excluding steroid dienone is 3. The summed E-state index contributed by atoms with van der Waals surface area (Å²) in [4.78, 5) is 28.1. The van der Waals surface area contributed by atoms with Gasteiger partial charge in [0.15, 0.2) is 5.82 Å². The first-order valence-corrected chi connectivity index (χ1v) is 14.6. The summed E-state index contributed by atoms with van der Waals surface area (Å²) in [6.45, 7) is 18.8. The fourth-order valence-electron chi connectivity index (χ4n) is 4.25. The molecule has 0 saturated carbocycles. The highest BCUT2D eigenvalue weighted by Gasteiger charge is 2.22. The van der Waals surface area contributed by atoms with Gasteiger partial charge in [-0.1, -0.05) is 80.6 Å². The van der Waals surface area contributed by atoms with Gasteiger partial charge in [0.25, 0.3) is 0 Å². The largest absolute Gasteiger partial charge is 0.351 e. The number of aliphatic imine (C=N–C) groups is 1. The van der Waals surface area contributed by atoms with Crippen LogP contribution < -0.4 is 10.7 Å². The number of hydrogen-bond acceptors (Lipinski definition) is 4. The summed E-state index contributed by atoms with van der Waals surface area (Å²) in [5.41, 5.74) is 4.59. The van der Waals surface area contributed by atoms with Gasteiger partial charge < -0.3 is 14.8 Å². The zero-order chi connectivity index (χ0) is 30.9.